The number of nitriles is 1. The molecule has 0 saturated carbocycles. The maximum absolute atomic E-state index is 9.87. The average molecular weight is 384 g/mol. The minimum atomic E-state index is 0.625. The van der Waals surface area contributed by atoms with E-state index in [2.05, 4.69) is 74.0 Å². The summed E-state index contributed by atoms with van der Waals surface area (Å²) in [6.07, 6.45) is 4.16. The first-order valence-corrected chi connectivity index (χ1v) is 10.0. The Hall–Kier alpha value is -3.16. The summed E-state index contributed by atoms with van der Waals surface area (Å²) in [4.78, 5) is 6.92. The monoisotopic (exact) mass is 383 g/mol. The highest BCUT2D eigenvalue weighted by molar-refractivity contribution is 7.19. The summed E-state index contributed by atoms with van der Waals surface area (Å²) in [6, 6.07) is 16.9. The van der Waals surface area contributed by atoms with Gasteiger partial charge in [0.25, 0.3) is 0 Å². The zero-order valence-electron chi connectivity index (χ0n) is 16.4. The summed E-state index contributed by atoms with van der Waals surface area (Å²) >= 11 is 1.56. The van der Waals surface area contributed by atoms with Crippen LogP contribution in [0.4, 0.5) is 5.69 Å². The fourth-order valence-corrected chi connectivity index (χ4v) is 4.68. The van der Waals surface area contributed by atoms with Crippen LogP contribution in [0.1, 0.15) is 30.0 Å². The lowest BCUT2D eigenvalue weighted by Crippen LogP contribution is -2.22. The second-order valence-corrected chi connectivity index (χ2v) is 8.16. The van der Waals surface area contributed by atoms with Gasteiger partial charge in [0.05, 0.1) is 15.8 Å². The summed E-state index contributed by atoms with van der Waals surface area (Å²) < 4.78 is 1.10. The molecule has 3 nitrogen and oxygen atoms in total. The molecule has 2 aromatic carbocycles. The fraction of sp³-hybridized carbons (Fsp3) is 0.167. The molecule has 0 bridgehead atoms. The Morgan fingerprint density at radius 3 is 2.36 bits per heavy atom. The van der Waals surface area contributed by atoms with Gasteiger partial charge in [-0.15, -0.1) is 11.3 Å². The second-order valence-electron chi connectivity index (χ2n) is 7.13. The van der Waals surface area contributed by atoms with Crippen molar-refractivity contribution in [2.75, 3.05) is 4.90 Å². The number of anilines is 1. The molecule has 1 aliphatic heterocycles. The predicted octanol–water partition coefficient (Wildman–Crippen LogP) is 6.52. The van der Waals surface area contributed by atoms with E-state index in [-0.39, 0.29) is 0 Å². The molecule has 138 valence electrons. The van der Waals surface area contributed by atoms with Crippen LogP contribution in [0.3, 0.4) is 0 Å². The quantitative estimate of drug-likeness (QED) is 0.473. The molecule has 0 N–H and O–H groups in total. The number of rotatable bonds is 2. The Kier molecular flexibility index (Phi) is 4.62. The maximum atomic E-state index is 9.87. The number of fused-ring (bicyclic) bond motifs is 1. The minimum absolute atomic E-state index is 0.625. The summed E-state index contributed by atoms with van der Waals surface area (Å²) in [6.45, 7) is 8.42. The highest BCUT2D eigenvalue weighted by atomic mass is 32.1. The number of benzene rings is 2. The van der Waals surface area contributed by atoms with Crippen molar-refractivity contribution in [1.29, 1.82) is 5.26 Å². The van der Waals surface area contributed by atoms with E-state index in [0.29, 0.717) is 5.57 Å². The molecule has 0 saturated heterocycles. The van der Waals surface area contributed by atoms with E-state index in [1.807, 2.05) is 24.3 Å². The Balaban J connectivity index is 1.81. The first kappa shape index (κ1) is 18.2. The molecule has 0 spiro atoms. The number of para-hydroxylation sites is 1. The number of hydrogen-bond acceptors (Lipinski definition) is 4. The van der Waals surface area contributed by atoms with Gasteiger partial charge in [0.15, 0.2) is 0 Å². The molecule has 4 rings (SSSR count). The predicted molar refractivity (Wildman–Crippen MR) is 118 cm³/mol. The molecule has 0 aliphatic carbocycles. The van der Waals surface area contributed by atoms with Crippen LogP contribution < -0.4 is 4.90 Å². The third kappa shape index (κ3) is 3.15. The van der Waals surface area contributed by atoms with Crippen molar-refractivity contribution in [3.8, 4) is 6.07 Å². The highest BCUT2D eigenvalue weighted by Crippen LogP contribution is 2.36. The van der Waals surface area contributed by atoms with Gasteiger partial charge in [-0.25, -0.2) is 4.98 Å². The first-order valence-electron chi connectivity index (χ1n) is 9.22. The van der Waals surface area contributed by atoms with Gasteiger partial charge in [0.2, 0.25) is 0 Å². The third-order valence-corrected chi connectivity index (χ3v) is 5.99. The van der Waals surface area contributed by atoms with Gasteiger partial charge in [-0.2, -0.15) is 5.26 Å². The van der Waals surface area contributed by atoms with E-state index < -0.39 is 0 Å². The van der Waals surface area contributed by atoms with Crippen LogP contribution in [-0.2, 0) is 0 Å². The number of thiazole rings is 1. The first-order chi connectivity index (χ1) is 13.5. The minimum Gasteiger partial charge on any atom is -0.318 e. The van der Waals surface area contributed by atoms with Gasteiger partial charge in [0, 0.05) is 17.1 Å². The Morgan fingerprint density at radius 1 is 1.00 bits per heavy atom. The molecule has 1 aromatic heterocycles. The zero-order chi connectivity index (χ0) is 19.8. The van der Waals surface area contributed by atoms with Crippen molar-refractivity contribution < 1.29 is 0 Å². The molecule has 0 fully saturated rings. The van der Waals surface area contributed by atoms with Crippen LogP contribution in [0.25, 0.3) is 15.8 Å². The third-order valence-electron chi connectivity index (χ3n) is 4.94. The molecule has 1 aliphatic rings. The van der Waals surface area contributed by atoms with Crippen molar-refractivity contribution in [1.82, 2.24) is 4.98 Å². The fourth-order valence-electron chi connectivity index (χ4n) is 3.69. The molecular weight excluding hydrogens is 362 g/mol. The highest BCUT2D eigenvalue weighted by Gasteiger charge is 2.20. The van der Waals surface area contributed by atoms with Crippen LogP contribution >= 0.6 is 11.3 Å². The molecule has 4 heteroatoms. The smallest absolute Gasteiger partial charge is 0.135 e. The number of allylic oxidation sites excluding steroid dienone is 6. The summed E-state index contributed by atoms with van der Waals surface area (Å²) in [5, 5.41) is 10.6. The lowest BCUT2D eigenvalue weighted by molar-refractivity contribution is 1.03. The molecule has 2 heterocycles. The molecule has 28 heavy (non-hydrogen) atoms. The standard InChI is InChI=1S/C24H21N3S/c1-15-9-10-22(16(2)11-15)27-17(3)12-19(13-18(27)4)20(14-25)24-26-21-7-5-6-8-23(21)28-24/h5-13H,1-4H3. The van der Waals surface area contributed by atoms with Crippen molar-refractivity contribution in [2.24, 2.45) is 0 Å². The Morgan fingerprint density at radius 2 is 1.71 bits per heavy atom. The van der Waals surface area contributed by atoms with Crippen molar-refractivity contribution in [2.45, 2.75) is 27.7 Å². The van der Waals surface area contributed by atoms with E-state index in [9.17, 15) is 5.26 Å². The van der Waals surface area contributed by atoms with Crippen LogP contribution in [0, 0.1) is 25.2 Å². The lowest BCUT2D eigenvalue weighted by atomic mass is 10.0. The van der Waals surface area contributed by atoms with Crippen LogP contribution in [0.2, 0.25) is 0 Å². The van der Waals surface area contributed by atoms with Gasteiger partial charge in [0.1, 0.15) is 11.1 Å². The Bertz CT molecular complexity index is 1160. The summed E-state index contributed by atoms with van der Waals surface area (Å²) in [5.41, 5.74) is 8.32. The number of hydrogen-bond donors (Lipinski definition) is 0. The largest absolute Gasteiger partial charge is 0.318 e. The topological polar surface area (TPSA) is 39.9 Å². The molecule has 3 aromatic rings. The summed E-state index contributed by atoms with van der Waals surface area (Å²) in [5.74, 6) is 0. The van der Waals surface area contributed by atoms with E-state index in [1.54, 1.807) is 11.3 Å². The van der Waals surface area contributed by atoms with Crippen molar-refractivity contribution in [3.05, 3.63) is 87.7 Å². The van der Waals surface area contributed by atoms with E-state index in [4.69, 9.17) is 0 Å². The van der Waals surface area contributed by atoms with Gasteiger partial charge >= 0.3 is 0 Å². The average Bonchev–Trinajstić information content (AvgIpc) is 3.07. The van der Waals surface area contributed by atoms with E-state index >= 15 is 0 Å². The van der Waals surface area contributed by atoms with Crippen molar-refractivity contribution >= 4 is 32.8 Å². The van der Waals surface area contributed by atoms with Crippen LogP contribution in [0.15, 0.2) is 71.6 Å². The SMILES string of the molecule is CC1=CC(=C(C#N)c2nc3ccccc3s2)C=C(C)N1c1ccc(C)cc1C. The van der Waals surface area contributed by atoms with Gasteiger partial charge in [-0.05, 0) is 69.2 Å². The van der Waals surface area contributed by atoms with Crippen LogP contribution in [-0.4, -0.2) is 4.98 Å². The van der Waals surface area contributed by atoms with Gasteiger partial charge in [-0.1, -0.05) is 29.8 Å². The summed E-state index contributed by atoms with van der Waals surface area (Å²) in [7, 11) is 0. The zero-order valence-corrected chi connectivity index (χ0v) is 17.3. The molecule has 0 atom stereocenters. The molecule has 0 unspecified atom stereocenters. The number of aryl methyl sites for hydroxylation is 2. The molecular formula is C24H21N3S. The number of aromatic nitrogens is 1. The van der Waals surface area contributed by atoms with Gasteiger partial charge < -0.3 is 4.90 Å². The van der Waals surface area contributed by atoms with Gasteiger partial charge in [-0.3, -0.25) is 0 Å². The lowest BCUT2D eigenvalue weighted by Gasteiger charge is -2.31. The second kappa shape index (κ2) is 7.10. The molecule has 0 amide bonds. The van der Waals surface area contributed by atoms with Crippen molar-refractivity contribution in [3.63, 3.8) is 0 Å². The van der Waals surface area contributed by atoms with E-state index in [0.717, 1.165) is 32.2 Å². The number of nitrogens with zero attached hydrogens (tertiary/aromatic N) is 3. The van der Waals surface area contributed by atoms with Crippen LogP contribution in [0.5, 0.6) is 0 Å². The maximum Gasteiger partial charge on any atom is 0.135 e. The van der Waals surface area contributed by atoms with E-state index in [1.165, 1.54) is 16.8 Å². The Labute approximate surface area is 169 Å². The normalized spacial score (nSPS) is 14.0. The molecule has 0 radical (unpaired) electrons.